The Morgan fingerprint density at radius 3 is 2.93 bits per heavy atom. The molecule has 0 radical (unpaired) electrons. The first-order chi connectivity index (χ1) is 14.2. The van der Waals surface area contributed by atoms with Gasteiger partial charge < -0.3 is 14.4 Å². The Hall–Kier alpha value is -3.19. The third-order valence-corrected chi connectivity index (χ3v) is 5.89. The van der Waals surface area contributed by atoms with E-state index in [4.69, 9.17) is 4.52 Å². The molecular formula is C22H23N5O2. The summed E-state index contributed by atoms with van der Waals surface area (Å²) >= 11 is 0. The number of hydrogen-bond acceptors (Lipinski definition) is 5. The van der Waals surface area contributed by atoms with E-state index in [0.29, 0.717) is 11.6 Å². The van der Waals surface area contributed by atoms with Crippen LogP contribution in [-0.2, 0) is 6.54 Å². The largest absolute Gasteiger partial charge is 0.356 e. The van der Waals surface area contributed by atoms with Gasteiger partial charge in [0, 0.05) is 36.6 Å². The summed E-state index contributed by atoms with van der Waals surface area (Å²) in [6.07, 6.45) is 3.55. The summed E-state index contributed by atoms with van der Waals surface area (Å²) in [7, 11) is 2.12. The normalized spacial score (nSPS) is 15.6. The van der Waals surface area contributed by atoms with Crippen LogP contribution in [0.4, 0.5) is 0 Å². The van der Waals surface area contributed by atoms with Crippen molar-refractivity contribution in [3.63, 3.8) is 0 Å². The SMILES string of the molecule is CN(Cc1noc2ccccc12)C1CCN(C(=O)c2ccc3nc[nH]c3c2)CC1. The van der Waals surface area contributed by atoms with Gasteiger partial charge in [-0.2, -0.15) is 0 Å². The molecule has 2 aromatic carbocycles. The fraction of sp³-hybridized carbons (Fsp3) is 0.318. The van der Waals surface area contributed by atoms with E-state index >= 15 is 0 Å². The van der Waals surface area contributed by atoms with E-state index in [-0.39, 0.29) is 5.91 Å². The smallest absolute Gasteiger partial charge is 0.253 e. The standard InChI is InChI=1S/C22H23N5O2/c1-26(13-20-17-4-2-3-5-21(17)29-25-20)16-8-10-27(11-9-16)22(28)15-6-7-18-19(12-15)24-14-23-18/h2-7,12,14,16H,8-11,13H2,1H3,(H,23,24). The number of aromatic amines is 1. The van der Waals surface area contributed by atoms with Crippen LogP contribution in [0.1, 0.15) is 28.9 Å². The van der Waals surface area contributed by atoms with Gasteiger partial charge in [0.05, 0.1) is 17.4 Å². The molecule has 4 aromatic rings. The number of amides is 1. The molecule has 2 aromatic heterocycles. The molecule has 7 heteroatoms. The van der Waals surface area contributed by atoms with Gasteiger partial charge >= 0.3 is 0 Å². The molecule has 0 saturated carbocycles. The molecule has 1 aliphatic heterocycles. The minimum atomic E-state index is 0.0881. The predicted molar refractivity (Wildman–Crippen MR) is 110 cm³/mol. The van der Waals surface area contributed by atoms with Crippen LogP contribution in [-0.4, -0.2) is 57.0 Å². The van der Waals surface area contributed by atoms with E-state index in [2.05, 4.69) is 27.1 Å². The highest BCUT2D eigenvalue weighted by atomic mass is 16.5. The molecule has 29 heavy (non-hydrogen) atoms. The average Bonchev–Trinajstić information content (AvgIpc) is 3.40. The summed E-state index contributed by atoms with van der Waals surface area (Å²) in [5.74, 6) is 0.0881. The number of aromatic nitrogens is 3. The summed E-state index contributed by atoms with van der Waals surface area (Å²) < 4.78 is 5.42. The van der Waals surface area contributed by atoms with Crippen LogP contribution in [0, 0.1) is 0 Å². The van der Waals surface area contributed by atoms with Crippen molar-refractivity contribution >= 4 is 27.9 Å². The molecular weight excluding hydrogens is 366 g/mol. The Bertz CT molecular complexity index is 1160. The number of rotatable bonds is 4. The van der Waals surface area contributed by atoms with E-state index in [1.54, 1.807) is 6.33 Å². The number of nitrogens with zero attached hydrogens (tertiary/aromatic N) is 4. The number of likely N-dealkylation sites (tertiary alicyclic amines) is 1. The van der Waals surface area contributed by atoms with Crippen molar-refractivity contribution < 1.29 is 9.32 Å². The second-order valence-corrected chi connectivity index (χ2v) is 7.70. The maximum atomic E-state index is 12.9. The van der Waals surface area contributed by atoms with Gasteiger partial charge in [-0.05, 0) is 50.2 Å². The van der Waals surface area contributed by atoms with Crippen LogP contribution in [0.25, 0.3) is 22.0 Å². The average molecular weight is 389 g/mol. The number of nitrogens with one attached hydrogen (secondary N) is 1. The minimum absolute atomic E-state index is 0.0881. The number of H-pyrrole nitrogens is 1. The van der Waals surface area contributed by atoms with Crippen molar-refractivity contribution in [1.82, 2.24) is 24.9 Å². The molecule has 0 bridgehead atoms. The number of para-hydroxylation sites is 1. The molecule has 1 fully saturated rings. The highest BCUT2D eigenvalue weighted by Crippen LogP contribution is 2.23. The van der Waals surface area contributed by atoms with Gasteiger partial charge in [0.15, 0.2) is 5.58 Å². The van der Waals surface area contributed by atoms with E-state index < -0.39 is 0 Å². The molecule has 0 spiro atoms. The van der Waals surface area contributed by atoms with Gasteiger partial charge in [-0.1, -0.05) is 17.3 Å². The summed E-state index contributed by atoms with van der Waals surface area (Å²) in [4.78, 5) is 24.5. The molecule has 3 heterocycles. The summed E-state index contributed by atoms with van der Waals surface area (Å²) in [6, 6.07) is 14.0. The fourth-order valence-electron chi connectivity index (χ4n) is 4.18. The fourth-order valence-corrected chi connectivity index (χ4v) is 4.18. The maximum Gasteiger partial charge on any atom is 0.253 e. The Labute approximate surface area is 168 Å². The van der Waals surface area contributed by atoms with Crippen molar-refractivity contribution in [2.45, 2.75) is 25.4 Å². The number of benzene rings is 2. The van der Waals surface area contributed by atoms with Crippen molar-refractivity contribution in [2.75, 3.05) is 20.1 Å². The Kier molecular flexibility index (Phi) is 4.52. The lowest BCUT2D eigenvalue weighted by molar-refractivity contribution is 0.0638. The zero-order valence-corrected chi connectivity index (χ0v) is 16.3. The minimum Gasteiger partial charge on any atom is -0.356 e. The second kappa shape index (κ2) is 7.33. The van der Waals surface area contributed by atoms with Crippen molar-refractivity contribution in [2.24, 2.45) is 0 Å². The van der Waals surface area contributed by atoms with Gasteiger partial charge in [-0.3, -0.25) is 9.69 Å². The van der Waals surface area contributed by atoms with Crippen LogP contribution in [0.2, 0.25) is 0 Å². The molecule has 1 N–H and O–H groups in total. The highest BCUT2D eigenvalue weighted by molar-refractivity contribution is 5.97. The summed E-state index contributed by atoms with van der Waals surface area (Å²) in [5, 5.41) is 5.31. The highest BCUT2D eigenvalue weighted by Gasteiger charge is 2.27. The number of carbonyl (C=O) groups is 1. The van der Waals surface area contributed by atoms with Crippen LogP contribution >= 0.6 is 0 Å². The Balaban J connectivity index is 1.22. The first-order valence-corrected chi connectivity index (χ1v) is 9.95. The van der Waals surface area contributed by atoms with Gasteiger partial charge in [0.1, 0.15) is 5.69 Å². The zero-order chi connectivity index (χ0) is 19.8. The molecule has 0 aliphatic carbocycles. The molecule has 7 nitrogen and oxygen atoms in total. The number of fused-ring (bicyclic) bond motifs is 2. The lowest BCUT2D eigenvalue weighted by Gasteiger charge is -2.36. The monoisotopic (exact) mass is 389 g/mol. The molecule has 0 atom stereocenters. The molecule has 1 amide bonds. The first-order valence-electron chi connectivity index (χ1n) is 9.95. The Morgan fingerprint density at radius 1 is 1.24 bits per heavy atom. The van der Waals surface area contributed by atoms with Gasteiger partial charge in [0.2, 0.25) is 0 Å². The maximum absolute atomic E-state index is 12.9. The first kappa shape index (κ1) is 17.9. The summed E-state index contributed by atoms with van der Waals surface area (Å²) in [6.45, 7) is 2.26. The van der Waals surface area contributed by atoms with Gasteiger partial charge in [0.25, 0.3) is 5.91 Å². The lowest BCUT2D eigenvalue weighted by Crippen LogP contribution is -2.45. The molecule has 0 unspecified atom stereocenters. The molecule has 148 valence electrons. The van der Waals surface area contributed by atoms with E-state index in [9.17, 15) is 4.79 Å². The second-order valence-electron chi connectivity index (χ2n) is 7.70. The Morgan fingerprint density at radius 2 is 2.07 bits per heavy atom. The van der Waals surface area contributed by atoms with E-state index in [1.807, 2.05) is 47.4 Å². The van der Waals surface area contributed by atoms with Crippen LogP contribution < -0.4 is 0 Å². The van der Waals surface area contributed by atoms with Crippen molar-refractivity contribution in [3.8, 4) is 0 Å². The third-order valence-electron chi connectivity index (χ3n) is 5.89. The lowest BCUT2D eigenvalue weighted by atomic mass is 10.0. The number of imidazole rings is 1. The third kappa shape index (κ3) is 3.38. The van der Waals surface area contributed by atoms with Crippen LogP contribution in [0.3, 0.4) is 0 Å². The van der Waals surface area contributed by atoms with Crippen LogP contribution in [0.5, 0.6) is 0 Å². The summed E-state index contributed by atoms with van der Waals surface area (Å²) in [5.41, 5.74) is 4.27. The quantitative estimate of drug-likeness (QED) is 0.578. The zero-order valence-electron chi connectivity index (χ0n) is 16.3. The van der Waals surface area contributed by atoms with E-state index in [1.165, 1.54) is 0 Å². The topological polar surface area (TPSA) is 78.3 Å². The number of hydrogen-bond donors (Lipinski definition) is 1. The van der Waals surface area contributed by atoms with Crippen molar-refractivity contribution in [1.29, 1.82) is 0 Å². The van der Waals surface area contributed by atoms with Gasteiger partial charge in [-0.25, -0.2) is 4.98 Å². The molecule has 5 rings (SSSR count). The molecule has 1 aliphatic rings. The van der Waals surface area contributed by atoms with Crippen molar-refractivity contribution in [3.05, 3.63) is 60.0 Å². The van der Waals surface area contributed by atoms with E-state index in [0.717, 1.165) is 60.2 Å². The molecule has 1 saturated heterocycles. The predicted octanol–water partition coefficient (Wildman–Crippen LogP) is 3.44. The number of piperidine rings is 1. The number of carbonyl (C=O) groups excluding carboxylic acids is 1. The van der Waals surface area contributed by atoms with Gasteiger partial charge in [-0.15, -0.1) is 0 Å². The van der Waals surface area contributed by atoms with Crippen LogP contribution in [0.15, 0.2) is 53.3 Å².